The highest BCUT2D eigenvalue weighted by atomic mass is 16.6. The molecule has 6 nitrogen and oxygen atoms in total. The van der Waals surface area contributed by atoms with Crippen LogP contribution in [0, 0.1) is 6.92 Å². The summed E-state index contributed by atoms with van der Waals surface area (Å²) in [6, 6.07) is 3.84. The Morgan fingerprint density at radius 2 is 2.07 bits per heavy atom. The maximum absolute atomic E-state index is 13.0. The van der Waals surface area contributed by atoms with E-state index in [0.717, 1.165) is 17.7 Å². The second kappa shape index (κ2) is 5.96. The molecule has 4 unspecified atom stereocenters. The van der Waals surface area contributed by atoms with E-state index in [1.165, 1.54) is 6.92 Å². The van der Waals surface area contributed by atoms with Crippen LogP contribution in [0.25, 0.3) is 0 Å². The Balaban J connectivity index is 2.04. The summed E-state index contributed by atoms with van der Waals surface area (Å²) in [5.74, 6) is 1.01. The second-order valence-corrected chi connectivity index (χ2v) is 8.11. The Morgan fingerprint density at radius 3 is 2.74 bits per heavy atom. The van der Waals surface area contributed by atoms with Crippen molar-refractivity contribution in [2.75, 3.05) is 20.7 Å². The fourth-order valence-corrected chi connectivity index (χ4v) is 5.72. The van der Waals surface area contributed by atoms with Gasteiger partial charge in [0.2, 0.25) is 0 Å². The lowest BCUT2D eigenvalue weighted by Gasteiger charge is -2.60. The molecule has 0 amide bonds. The van der Waals surface area contributed by atoms with Crippen LogP contribution < -0.4 is 9.47 Å². The molecule has 4 rings (SSSR count). The van der Waals surface area contributed by atoms with Gasteiger partial charge in [-0.15, -0.1) is 0 Å². The highest BCUT2D eigenvalue weighted by Crippen LogP contribution is 2.63. The van der Waals surface area contributed by atoms with Gasteiger partial charge in [-0.05, 0) is 51.9 Å². The smallest absolute Gasteiger partial charge is 0.303 e. The molecule has 0 radical (unpaired) electrons. The number of fused-ring (bicyclic) bond motifs is 1. The molecule has 1 spiro atoms. The number of methoxy groups -OCH3 is 1. The van der Waals surface area contributed by atoms with Crippen LogP contribution in [0.2, 0.25) is 0 Å². The Kier molecular flexibility index (Phi) is 4.04. The number of likely N-dealkylation sites (N-methyl/N-ethyl adjacent to an activating group) is 1. The fraction of sp³-hybridized carbons (Fsp3) is 0.619. The summed E-state index contributed by atoms with van der Waals surface area (Å²) in [5.41, 5.74) is 0.512. The van der Waals surface area contributed by atoms with Gasteiger partial charge in [-0.2, -0.15) is 0 Å². The highest BCUT2D eigenvalue weighted by molar-refractivity contribution is 5.90. The Bertz CT molecular complexity index is 821. The number of hydrogen-bond donors (Lipinski definition) is 0. The Labute approximate surface area is 159 Å². The number of ketones is 1. The summed E-state index contributed by atoms with van der Waals surface area (Å²) >= 11 is 0. The maximum atomic E-state index is 13.0. The molecule has 6 heteroatoms. The zero-order valence-corrected chi connectivity index (χ0v) is 16.6. The summed E-state index contributed by atoms with van der Waals surface area (Å²) in [4.78, 5) is 27.4. The number of piperidine rings is 1. The molecule has 1 aliphatic carbocycles. The third kappa shape index (κ3) is 2.16. The number of rotatable bonds is 2. The van der Waals surface area contributed by atoms with Gasteiger partial charge < -0.3 is 14.2 Å². The van der Waals surface area contributed by atoms with Gasteiger partial charge in [-0.1, -0.05) is 6.07 Å². The van der Waals surface area contributed by atoms with E-state index in [0.29, 0.717) is 30.8 Å². The van der Waals surface area contributed by atoms with Crippen LogP contribution in [0.15, 0.2) is 12.1 Å². The number of nitrogens with zero attached hydrogens (tertiary/aromatic N) is 1. The number of benzene rings is 1. The lowest BCUT2D eigenvalue weighted by Crippen LogP contribution is -2.74. The van der Waals surface area contributed by atoms with E-state index in [2.05, 4.69) is 11.8 Å². The number of hydrogen-bond acceptors (Lipinski definition) is 6. The van der Waals surface area contributed by atoms with Crippen LogP contribution in [0.3, 0.4) is 0 Å². The summed E-state index contributed by atoms with van der Waals surface area (Å²) in [6.45, 7) is 6.36. The molecule has 3 aliphatic rings. The first-order valence-electron chi connectivity index (χ1n) is 9.56. The summed E-state index contributed by atoms with van der Waals surface area (Å²) in [5, 5.41) is 0. The van der Waals surface area contributed by atoms with E-state index in [9.17, 15) is 9.59 Å². The zero-order chi connectivity index (χ0) is 19.6. The Hall–Kier alpha value is -2.08. The van der Waals surface area contributed by atoms with Crippen molar-refractivity contribution < 1.29 is 23.8 Å². The molecule has 4 atom stereocenters. The number of Topliss-reactive ketones (excluding diaryl/α,β-unsaturated/α-hetero) is 1. The van der Waals surface area contributed by atoms with E-state index in [1.54, 1.807) is 7.11 Å². The topological polar surface area (TPSA) is 65.1 Å². The normalized spacial score (nSPS) is 34.9. The number of carbonyl (C=O) groups is 2. The molecule has 2 heterocycles. The van der Waals surface area contributed by atoms with E-state index in [1.807, 2.05) is 26.1 Å². The number of aryl methyl sites for hydroxylation is 1. The fourth-order valence-electron chi connectivity index (χ4n) is 5.72. The molecule has 2 fully saturated rings. The molecule has 0 N–H and O–H groups in total. The van der Waals surface area contributed by atoms with Crippen molar-refractivity contribution in [1.29, 1.82) is 0 Å². The standard InChI is InChI=1S/C21H27NO5/c1-12-6-7-16(25-5)18-17(12)20-10-11-22(4)13(2)21(20,27-14(3)23)9-8-15(24)19(20)26-18/h6-7,13,19H,8-11H2,1-5H3. The van der Waals surface area contributed by atoms with E-state index >= 15 is 0 Å². The first kappa shape index (κ1) is 18.3. The predicted octanol–water partition coefficient (Wildman–Crippen LogP) is 2.39. The predicted molar refractivity (Wildman–Crippen MR) is 99.3 cm³/mol. The van der Waals surface area contributed by atoms with E-state index < -0.39 is 17.1 Å². The molecule has 1 aromatic carbocycles. The molecular weight excluding hydrogens is 346 g/mol. The van der Waals surface area contributed by atoms with Gasteiger partial charge in [-0.25, -0.2) is 0 Å². The van der Waals surface area contributed by atoms with Gasteiger partial charge in [0, 0.05) is 24.9 Å². The van der Waals surface area contributed by atoms with Gasteiger partial charge in [-0.3, -0.25) is 14.5 Å². The molecule has 146 valence electrons. The van der Waals surface area contributed by atoms with E-state index in [-0.39, 0.29) is 17.8 Å². The van der Waals surface area contributed by atoms with Crippen LogP contribution in [0.5, 0.6) is 11.5 Å². The maximum Gasteiger partial charge on any atom is 0.303 e. The van der Waals surface area contributed by atoms with Crippen molar-refractivity contribution >= 4 is 11.8 Å². The molecular formula is C21H27NO5. The second-order valence-electron chi connectivity index (χ2n) is 8.11. The largest absolute Gasteiger partial charge is 0.493 e. The number of likely N-dealkylation sites (tertiary alicyclic amines) is 1. The third-order valence-corrected chi connectivity index (χ3v) is 6.99. The number of ether oxygens (including phenoxy) is 3. The van der Waals surface area contributed by atoms with Crippen LogP contribution in [0.4, 0.5) is 0 Å². The molecule has 2 aliphatic heterocycles. The lowest BCUT2D eigenvalue weighted by atomic mass is 9.52. The first-order valence-corrected chi connectivity index (χ1v) is 9.56. The van der Waals surface area contributed by atoms with Crippen molar-refractivity contribution in [3.63, 3.8) is 0 Å². The van der Waals surface area contributed by atoms with Crippen molar-refractivity contribution in [1.82, 2.24) is 4.90 Å². The monoisotopic (exact) mass is 373 g/mol. The van der Waals surface area contributed by atoms with Gasteiger partial charge >= 0.3 is 5.97 Å². The average molecular weight is 373 g/mol. The highest BCUT2D eigenvalue weighted by Gasteiger charge is 2.72. The summed E-state index contributed by atoms with van der Waals surface area (Å²) in [6.07, 6.45) is 0.894. The minimum atomic E-state index is -0.813. The van der Waals surface area contributed by atoms with Crippen molar-refractivity contribution in [3.05, 3.63) is 23.3 Å². The van der Waals surface area contributed by atoms with E-state index in [4.69, 9.17) is 14.2 Å². The van der Waals surface area contributed by atoms with Crippen LogP contribution in [-0.2, 0) is 19.7 Å². The van der Waals surface area contributed by atoms with Gasteiger partial charge in [0.15, 0.2) is 23.4 Å². The molecule has 1 saturated carbocycles. The van der Waals surface area contributed by atoms with Crippen molar-refractivity contribution in [2.45, 2.75) is 63.2 Å². The number of carbonyl (C=O) groups excluding carboxylic acids is 2. The molecule has 1 aromatic rings. The summed E-state index contributed by atoms with van der Waals surface area (Å²) in [7, 11) is 3.65. The van der Waals surface area contributed by atoms with Gasteiger partial charge in [0.1, 0.15) is 5.60 Å². The minimum absolute atomic E-state index is 0.0362. The average Bonchev–Trinajstić information content (AvgIpc) is 2.99. The van der Waals surface area contributed by atoms with Crippen LogP contribution in [0.1, 0.15) is 44.2 Å². The van der Waals surface area contributed by atoms with Crippen LogP contribution >= 0.6 is 0 Å². The lowest BCUT2D eigenvalue weighted by molar-refractivity contribution is -0.206. The van der Waals surface area contributed by atoms with Crippen molar-refractivity contribution in [3.8, 4) is 11.5 Å². The third-order valence-electron chi connectivity index (χ3n) is 6.99. The van der Waals surface area contributed by atoms with Gasteiger partial charge in [0.05, 0.1) is 12.5 Å². The first-order chi connectivity index (χ1) is 12.8. The number of esters is 1. The van der Waals surface area contributed by atoms with Gasteiger partial charge in [0.25, 0.3) is 0 Å². The van der Waals surface area contributed by atoms with Crippen molar-refractivity contribution in [2.24, 2.45) is 0 Å². The molecule has 1 saturated heterocycles. The minimum Gasteiger partial charge on any atom is -0.493 e. The zero-order valence-electron chi connectivity index (χ0n) is 16.6. The summed E-state index contributed by atoms with van der Waals surface area (Å²) < 4.78 is 18.0. The van der Waals surface area contributed by atoms with Crippen LogP contribution in [-0.4, -0.2) is 55.1 Å². The molecule has 0 bridgehead atoms. The molecule has 27 heavy (non-hydrogen) atoms. The SMILES string of the molecule is COc1ccc(C)c2c1OC1C(=O)CCC3(OC(C)=O)C(C)N(C)CCC213. The Morgan fingerprint density at radius 1 is 1.33 bits per heavy atom. The quantitative estimate of drug-likeness (QED) is 0.742. The molecule has 0 aromatic heterocycles.